The highest BCUT2D eigenvalue weighted by molar-refractivity contribution is 5.95. The van der Waals surface area contributed by atoms with E-state index in [1.807, 2.05) is 30.5 Å². The van der Waals surface area contributed by atoms with Crippen molar-refractivity contribution >= 4 is 16.9 Å². The van der Waals surface area contributed by atoms with Crippen molar-refractivity contribution in [2.45, 2.75) is 44.1 Å². The summed E-state index contributed by atoms with van der Waals surface area (Å²) in [6.45, 7) is 0. The van der Waals surface area contributed by atoms with Gasteiger partial charge in [0.05, 0.1) is 22.9 Å². The largest absolute Gasteiger partial charge is 0.348 e. The molecule has 2 aromatic heterocycles. The molecular weight excluding hydrogens is 314 g/mol. The second kappa shape index (κ2) is 5.65. The number of aromatic nitrogens is 4. The van der Waals surface area contributed by atoms with Gasteiger partial charge in [0.15, 0.2) is 5.69 Å². The molecule has 6 nitrogen and oxygen atoms in total. The normalized spacial score (nSPS) is 19.6. The van der Waals surface area contributed by atoms with Crippen LogP contribution in [0.4, 0.5) is 0 Å². The number of rotatable bonds is 3. The van der Waals surface area contributed by atoms with Crippen LogP contribution in [0.15, 0.2) is 30.5 Å². The van der Waals surface area contributed by atoms with Crippen LogP contribution in [0.25, 0.3) is 11.0 Å². The third-order valence-electron chi connectivity index (χ3n) is 5.13. The number of fused-ring (bicyclic) bond motifs is 2. The van der Waals surface area contributed by atoms with Crippen molar-refractivity contribution in [3.8, 4) is 0 Å². The molecule has 5 rings (SSSR count). The van der Waals surface area contributed by atoms with Crippen molar-refractivity contribution in [1.82, 2.24) is 25.5 Å². The minimum absolute atomic E-state index is 0.0999. The number of nitrogens with zero attached hydrogens (tertiary/aromatic N) is 3. The first-order chi connectivity index (χ1) is 12.3. The lowest BCUT2D eigenvalue weighted by Gasteiger charge is -2.23. The van der Waals surface area contributed by atoms with E-state index in [1.165, 1.54) is 11.3 Å². The molecule has 0 saturated heterocycles. The van der Waals surface area contributed by atoms with Crippen LogP contribution in [0.1, 0.15) is 52.6 Å². The van der Waals surface area contributed by atoms with E-state index >= 15 is 0 Å². The average Bonchev–Trinajstić information content (AvgIpc) is 3.38. The van der Waals surface area contributed by atoms with Gasteiger partial charge in [-0.2, -0.15) is 5.10 Å². The maximum atomic E-state index is 12.9. The molecule has 3 aromatic rings. The second-order valence-corrected chi connectivity index (χ2v) is 7.01. The summed E-state index contributed by atoms with van der Waals surface area (Å²) in [5, 5.41) is 10.3. The molecule has 126 valence electrons. The molecule has 1 saturated carbocycles. The lowest BCUT2D eigenvalue weighted by atomic mass is 9.93. The number of carbonyl (C=O) groups excluding carboxylic acids is 1. The highest BCUT2D eigenvalue weighted by Gasteiger charge is 2.32. The fourth-order valence-corrected chi connectivity index (χ4v) is 3.62. The van der Waals surface area contributed by atoms with E-state index in [9.17, 15) is 4.79 Å². The fraction of sp³-hybridized carbons (Fsp3) is 0.368. The molecule has 1 atom stereocenters. The molecule has 0 aliphatic heterocycles. The van der Waals surface area contributed by atoms with Crippen LogP contribution in [-0.2, 0) is 12.8 Å². The van der Waals surface area contributed by atoms with Crippen LogP contribution in [-0.4, -0.2) is 32.1 Å². The lowest BCUT2D eigenvalue weighted by Crippen LogP contribution is -2.39. The summed E-state index contributed by atoms with van der Waals surface area (Å²) in [5.41, 5.74) is 5.38. The molecule has 25 heavy (non-hydrogen) atoms. The third kappa shape index (κ3) is 2.67. The topological polar surface area (TPSA) is 83.6 Å². The number of aryl methyl sites for hydroxylation is 1. The van der Waals surface area contributed by atoms with Gasteiger partial charge < -0.3 is 5.32 Å². The Kier molecular flexibility index (Phi) is 3.29. The standard InChI is InChI=1S/C19H19N5O/c25-19(21-13-7-8-14-12(9-13)10-20-24-14)18-17(11-5-6-11)22-15-3-1-2-4-16(15)23-18/h1-4,10-11,13H,5-9H2,(H,20,24)(H,21,25). The summed E-state index contributed by atoms with van der Waals surface area (Å²) in [5.74, 6) is 0.279. The van der Waals surface area contributed by atoms with Gasteiger partial charge in [0.25, 0.3) is 5.91 Å². The average molecular weight is 333 g/mol. The van der Waals surface area contributed by atoms with Crippen molar-refractivity contribution in [1.29, 1.82) is 0 Å². The molecule has 1 aromatic carbocycles. The van der Waals surface area contributed by atoms with Crippen LogP contribution in [0.5, 0.6) is 0 Å². The predicted octanol–water partition coefficient (Wildman–Crippen LogP) is 2.52. The molecule has 2 heterocycles. The molecule has 0 bridgehead atoms. The van der Waals surface area contributed by atoms with Crippen LogP contribution in [0, 0.1) is 0 Å². The molecule has 2 aliphatic carbocycles. The van der Waals surface area contributed by atoms with Crippen molar-refractivity contribution in [2.75, 3.05) is 0 Å². The second-order valence-electron chi connectivity index (χ2n) is 7.01. The molecule has 1 unspecified atom stereocenters. The van der Waals surface area contributed by atoms with E-state index in [1.54, 1.807) is 0 Å². The highest BCUT2D eigenvalue weighted by Crippen LogP contribution is 2.40. The Balaban J connectivity index is 1.44. The number of nitrogens with one attached hydrogen (secondary N) is 2. The van der Waals surface area contributed by atoms with Crippen molar-refractivity contribution in [3.63, 3.8) is 0 Å². The molecule has 0 spiro atoms. The van der Waals surface area contributed by atoms with Gasteiger partial charge in [-0.25, -0.2) is 9.97 Å². The zero-order valence-corrected chi connectivity index (χ0v) is 13.8. The Morgan fingerprint density at radius 2 is 1.92 bits per heavy atom. The Bertz CT molecular complexity index is 959. The Morgan fingerprint density at radius 3 is 2.72 bits per heavy atom. The highest BCUT2D eigenvalue weighted by atomic mass is 16.2. The molecule has 2 aliphatic rings. The molecule has 2 N–H and O–H groups in total. The number of H-pyrrole nitrogens is 1. The number of hydrogen-bond donors (Lipinski definition) is 2. The van der Waals surface area contributed by atoms with Gasteiger partial charge in [0.1, 0.15) is 0 Å². The monoisotopic (exact) mass is 333 g/mol. The summed E-state index contributed by atoms with van der Waals surface area (Å²) in [6, 6.07) is 7.87. The van der Waals surface area contributed by atoms with Gasteiger partial charge in [-0.3, -0.25) is 9.89 Å². The van der Waals surface area contributed by atoms with Gasteiger partial charge in [-0.05, 0) is 49.8 Å². The summed E-state index contributed by atoms with van der Waals surface area (Å²) >= 11 is 0. The first-order valence-electron chi connectivity index (χ1n) is 8.86. The molecule has 0 radical (unpaired) electrons. The molecular formula is C19H19N5O. The minimum Gasteiger partial charge on any atom is -0.348 e. The number of hydrogen-bond acceptors (Lipinski definition) is 4. The summed E-state index contributed by atoms with van der Waals surface area (Å²) < 4.78 is 0. The SMILES string of the molecule is O=C(NC1CCc2[nH]ncc2C1)c1nc2ccccc2nc1C1CC1. The number of benzene rings is 1. The molecule has 1 amide bonds. The number of para-hydroxylation sites is 2. The zero-order chi connectivity index (χ0) is 16.8. The van der Waals surface area contributed by atoms with E-state index in [2.05, 4.69) is 20.5 Å². The van der Waals surface area contributed by atoms with Crippen LogP contribution >= 0.6 is 0 Å². The Hall–Kier alpha value is -2.76. The fourth-order valence-electron chi connectivity index (χ4n) is 3.62. The molecule has 1 fully saturated rings. The Labute approximate surface area is 145 Å². The first-order valence-corrected chi connectivity index (χ1v) is 8.86. The Morgan fingerprint density at radius 1 is 1.12 bits per heavy atom. The third-order valence-corrected chi connectivity index (χ3v) is 5.13. The van der Waals surface area contributed by atoms with Crippen molar-refractivity contribution < 1.29 is 4.79 Å². The van der Waals surface area contributed by atoms with Gasteiger partial charge >= 0.3 is 0 Å². The summed E-state index contributed by atoms with van der Waals surface area (Å²) in [6.07, 6.45) is 6.69. The minimum atomic E-state index is -0.0999. The smallest absolute Gasteiger partial charge is 0.272 e. The lowest BCUT2D eigenvalue weighted by molar-refractivity contribution is 0.0927. The van der Waals surface area contributed by atoms with Gasteiger partial charge in [-0.15, -0.1) is 0 Å². The quantitative estimate of drug-likeness (QED) is 0.771. The van der Waals surface area contributed by atoms with E-state index in [4.69, 9.17) is 4.98 Å². The van der Waals surface area contributed by atoms with Gasteiger partial charge in [0.2, 0.25) is 0 Å². The summed E-state index contributed by atoms with van der Waals surface area (Å²) in [7, 11) is 0. The van der Waals surface area contributed by atoms with Crippen LogP contribution in [0.2, 0.25) is 0 Å². The van der Waals surface area contributed by atoms with E-state index in [0.29, 0.717) is 11.6 Å². The zero-order valence-electron chi connectivity index (χ0n) is 13.8. The number of carbonyl (C=O) groups is 1. The first kappa shape index (κ1) is 14.6. The van der Waals surface area contributed by atoms with Gasteiger partial charge in [-0.1, -0.05) is 12.1 Å². The molecule has 6 heteroatoms. The maximum Gasteiger partial charge on any atom is 0.272 e. The number of amides is 1. The van der Waals surface area contributed by atoms with Crippen molar-refractivity contribution in [3.05, 3.63) is 53.1 Å². The van der Waals surface area contributed by atoms with E-state index < -0.39 is 0 Å². The maximum absolute atomic E-state index is 12.9. The van der Waals surface area contributed by atoms with Crippen LogP contribution < -0.4 is 5.32 Å². The summed E-state index contributed by atoms with van der Waals surface area (Å²) in [4.78, 5) is 22.3. The van der Waals surface area contributed by atoms with Crippen LogP contribution in [0.3, 0.4) is 0 Å². The number of aromatic amines is 1. The predicted molar refractivity (Wildman–Crippen MR) is 93.4 cm³/mol. The van der Waals surface area contributed by atoms with E-state index in [0.717, 1.165) is 48.8 Å². The van der Waals surface area contributed by atoms with E-state index in [-0.39, 0.29) is 11.9 Å². The van der Waals surface area contributed by atoms with Gasteiger partial charge in [0, 0.05) is 17.7 Å². The van der Waals surface area contributed by atoms with Crippen molar-refractivity contribution in [2.24, 2.45) is 0 Å².